The molecule has 0 bridgehead atoms. The van der Waals surface area contributed by atoms with E-state index in [2.05, 4.69) is 20.8 Å². The van der Waals surface area contributed by atoms with Gasteiger partial charge in [-0.25, -0.2) is 4.39 Å². The largest absolute Gasteiger partial charge is 0.303 e. The predicted octanol–water partition coefficient (Wildman–Crippen LogP) is 0.598. The first-order chi connectivity index (χ1) is 6.75. The molecule has 1 saturated heterocycles. The molecule has 0 aromatic carbocycles. The molecule has 2 rings (SSSR count). The number of halogens is 2. The molecule has 0 spiro atoms. The Bertz CT molecular complexity index is 323. The molecule has 0 aliphatic carbocycles. The van der Waals surface area contributed by atoms with Crippen LogP contribution in [0.25, 0.3) is 0 Å². The van der Waals surface area contributed by atoms with Crippen LogP contribution in [0, 0.1) is 0 Å². The Morgan fingerprint density at radius 1 is 1.73 bits per heavy atom. The number of nitrogens with zero attached hydrogens (tertiary/aromatic N) is 2. The van der Waals surface area contributed by atoms with Crippen molar-refractivity contribution in [2.75, 3.05) is 11.9 Å². The molecular formula is C7H10ClFN4OS. The van der Waals surface area contributed by atoms with Crippen molar-refractivity contribution in [1.29, 1.82) is 0 Å². The van der Waals surface area contributed by atoms with Crippen LogP contribution in [0.5, 0.6) is 0 Å². The average molecular weight is 253 g/mol. The molecule has 0 radical (unpaired) electrons. The van der Waals surface area contributed by atoms with Gasteiger partial charge in [0.1, 0.15) is 11.7 Å². The number of anilines is 1. The van der Waals surface area contributed by atoms with Crippen LogP contribution in [0.4, 0.5) is 9.52 Å². The lowest BCUT2D eigenvalue weighted by Crippen LogP contribution is -2.35. The highest BCUT2D eigenvalue weighted by molar-refractivity contribution is 7.13. The van der Waals surface area contributed by atoms with Crippen LogP contribution in [-0.4, -0.2) is 34.9 Å². The van der Waals surface area contributed by atoms with Crippen molar-refractivity contribution in [2.45, 2.75) is 18.6 Å². The van der Waals surface area contributed by atoms with E-state index in [0.717, 1.165) is 0 Å². The number of alkyl halides is 1. The fourth-order valence-corrected chi connectivity index (χ4v) is 1.76. The second kappa shape index (κ2) is 5.34. The fourth-order valence-electron chi connectivity index (χ4n) is 1.31. The van der Waals surface area contributed by atoms with E-state index in [9.17, 15) is 9.18 Å². The molecule has 15 heavy (non-hydrogen) atoms. The SMILES string of the molecule is Cl.O=C(Nc1nncs1)[C@@H]1C[C@@H](F)CN1. The molecule has 1 aromatic heterocycles. The van der Waals surface area contributed by atoms with Crippen molar-refractivity contribution in [3.05, 3.63) is 5.51 Å². The first-order valence-electron chi connectivity index (χ1n) is 4.20. The zero-order valence-corrected chi connectivity index (χ0v) is 9.28. The van der Waals surface area contributed by atoms with Gasteiger partial charge in [-0.2, -0.15) is 0 Å². The monoisotopic (exact) mass is 252 g/mol. The van der Waals surface area contributed by atoms with Crippen molar-refractivity contribution >= 4 is 34.8 Å². The molecule has 1 aliphatic heterocycles. The minimum Gasteiger partial charge on any atom is -0.303 e. The maximum atomic E-state index is 12.7. The van der Waals surface area contributed by atoms with E-state index in [1.54, 1.807) is 0 Å². The number of aromatic nitrogens is 2. The number of amides is 1. The lowest BCUT2D eigenvalue weighted by Gasteiger charge is -2.07. The summed E-state index contributed by atoms with van der Waals surface area (Å²) in [4.78, 5) is 11.5. The highest BCUT2D eigenvalue weighted by Gasteiger charge is 2.29. The van der Waals surface area contributed by atoms with Crippen LogP contribution in [0.1, 0.15) is 6.42 Å². The van der Waals surface area contributed by atoms with E-state index < -0.39 is 12.2 Å². The van der Waals surface area contributed by atoms with Crippen molar-refractivity contribution in [3.8, 4) is 0 Å². The van der Waals surface area contributed by atoms with Crippen molar-refractivity contribution in [3.63, 3.8) is 0 Å². The third-order valence-corrected chi connectivity index (χ3v) is 2.59. The summed E-state index contributed by atoms with van der Waals surface area (Å²) < 4.78 is 12.7. The molecule has 5 nitrogen and oxygen atoms in total. The van der Waals surface area contributed by atoms with Crippen LogP contribution in [0.2, 0.25) is 0 Å². The molecule has 0 saturated carbocycles. The number of carbonyl (C=O) groups excluding carboxylic acids is 1. The molecule has 0 unspecified atom stereocenters. The quantitative estimate of drug-likeness (QED) is 0.809. The molecule has 2 N–H and O–H groups in total. The molecule has 1 aliphatic rings. The van der Waals surface area contributed by atoms with Crippen LogP contribution in [0.3, 0.4) is 0 Å². The minimum atomic E-state index is -0.930. The summed E-state index contributed by atoms with van der Waals surface area (Å²) in [5, 5.41) is 13.0. The molecular weight excluding hydrogens is 243 g/mol. The normalized spacial score (nSPS) is 24.6. The molecule has 8 heteroatoms. The predicted molar refractivity (Wildman–Crippen MR) is 57.1 cm³/mol. The number of carbonyl (C=O) groups is 1. The maximum Gasteiger partial charge on any atom is 0.243 e. The Labute approximate surface area is 95.9 Å². The summed E-state index contributed by atoms with van der Waals surface area (Å²) in [6.45, 7) is 0.244. The van der Waals surface area contributed by atoms with E-state index in [1.165, 1.54) is 16.8 Å². The number of rotatable bonds is 2. The van der Waals surface area contributed by atoms with Crippen LogP contribution in [-0.2, 0) is 4.79 Å². The Kier molecular flexibility index (Phi) is 4.37. The zero-order chi connectivity index (χ0) is 9.97. The van der Waals surface area contributed by atoms with Gasteiger partial charge in [0.25, 0.3) is 0 Å². The van der Waals surface area contributed by atoms with E-state index in [-0.39, 0.29) is 31.3 Å². The van der Waals surface area contributed by atoms with E-state index >= 15 is 0 Å². The van der Waals surface area contributed by atoms with Gasteiger partial charge in [-0.1, -0.05) is 11.3 Å². The van der Waals surface area contributed by atoms with Gasteiger partial charge >= 0.3 is 0 Å². The first-order valence-corrected chi connectivity index (χ1v) is 5.08. The van der Waals surface area contributed by atoms with E-state index in [0.29, 0.717) is 5.13 Å². The smallest absolute Gasteiger partial charge is 0.243 e. The fraction of sp³-hybridized carbons (Fsp3) is 0.571. The highest BCUT2D eigenvalue weighted by atomic mass is 35.5. The van der Waals surface area contributed by atoms with E-state index in [4.69, 9.17) is 0 Å². The molecule has 84 valence electrons. The standard InChI is InChI=1S/C7H9FN4OS.ClH/c8-4-1-5(9-2-4)6(13)11-7-12-10-3-14-7;/h3-5,9H,1-2H2,(H,11,12,13);1H/t4-,5+;/m1./s1. The van der Waals surface area contributed by atoms with Gasteiger partial charge < -0.3 is 5.32 Å². The zero-order valence-electron chi connectivity index (χ0n) is 7.64. The summed E-state index contributed by atoms with van der Waals surface area (Å²) in [6.07, 6.45) is -0.704. The Morgan fingerprint density at radius 2 is 2.53 bits per heavy atom. The minimum absolute atomic E-state index is 0. The maximum absolute atomic E-state index is 12.7. The van der Waals surface area contributed by atoms with Crippen LogP contribution < -0.4 is 10.6 Å². The Morgan fingerprint density at radius 3 is 3.07 bits per heavy atom. The molecule has 1 aromatic rings. The lowest BCUT2D eigenvalue weighted by molar-refractivity contribution is -0.117. The lowest BCUT2D eigenvalue weighted by atomic mass is 10.2. The summed E-state index contributed by atoms with van der Waals surface area (Å²) in [5.74, 6) is -0.248. The van der Waals surface area contributed by atoms with Gasteiger partial charge in [-0.05, 0) is 0 Å². The average Bonchev–Trinajstić information content (AvgIpc) is 2.75. The molecule has 2 atom stereocenters. The second-order valence-electron chi connectivity index (χ2n) is 3.03. The summed E-state index contributed by atoms with van der Waals surface area (Å²) >= 11 is 1.24. The number of hydrogen-bond donors (Lipinski definition) is 2. The van der Waals surface area contributed by atoms with Crippen LogP contribution >= 0.6 is 23.7 Å². The molecule has 1 fully saturated rings. The Balaban J connectivity index is 0.00000112. The van der Waals surface area contributed by atoms with Gasteiger partial charge in [0.15, 0.2) is 0 Å². The van der Waals surface area contributed by atoms with Gasteiger partial charge in [-0.3, -0.25) is 10.1 Å². The molecule has 1 amide bonds. The third kappa shape index (κ3) is 3.08. The van der Waals surface area contributed by atoms with E-state index in [1.807, 2.05) is 0 Å². The van der Waals surface area contributed by atoms with Crippen molar-refractivity contribution < 1.29 is 9.18 Å². The number of hydrogen-bond acceptors (Lipinski definition) is 5. The highest BCUT2D eigenvalue weighted by Crippen LogP contribution is 2.13. The van der Waals surface area contributed by atoms with Gasteiger partial charge in [-0.15, -0.1) is 22.6 Å². The third-order valence-electron chi connectivity index (χ3n) is 1.98. The molecule has 2 heterocycles. The van der Waals surface area contributed by atoms with Gasteiger partial charge in [0.05, 0.1) is 6.04 Å². The first kappa shape index (κ1) is 12.3. The summed E-state index contributed by atoms with van der Waals surface area (Å²) in [6, 6.07) is -0.450. The summed E-state index contributed by atoms with van der Waals surface area (Å²) in [7, 11) is 0. The second-order valence-corrected chi connectivity index (χ2v) is 3.86. The van der Waals surface area contributed by atoms with Crippen LogP contribution in [0.15, 0.2) is 5.51 Å². The van der Waals surface area contributed by atoms with Crippen molar-refractivity contribution in [1.82, 2.24) is 15.5 Å². The number of nitrogens with one attached hydrogen (secondary N) is 2. The van der Waals surface area contributed by atoms with Gasteiger partial charge in [0, 0.05) is 13.0 Å². The Hall–Kier alpha value is -0.790. The summed E-state index contributed by atoms with van der Waals surface area (Å²) in [5.41, 5.74) is 1.52. The topological polar surface area (TPSA) is 66.9 Å². The van der Waals surface area contributed by atoms with Crippen molar-refractivity contribution in [2.24, 2.45) is 0 Å². The van der Waals surface area contributed by atoms with Gasteiger partial charge in [0.2, 0.25) is 11.0 Å².